The molecule has 0 aliphatic rings. The van der Waals surface area contributed by atoms with Crippen LogP contribution in [0.4, 0.5) is 0 Å². The fourth-order valence-corrected chi connectivity index (χ4v) is 4.08. The van der Waals surface area contributed by atoms with Gasteiger partial charge in [-0.2, -0.15) is 11.3 Å². The SMILES string of the molecule is CC(O)(CNS(=O)(=O)c1ccccc1Cl)c1ccsc1. The first kappa shape index (κ1) is 15.5. The summed E-state index contributed by atoms with van der Waals surface area (Å²) in [6, 6.07) is 7.94. The van der Waals surface area contributed by atoms with Gasteiger partial charge < -0.3 is 5.11 Å². The van der Waals surface area contributed by atoms with Crippen molar-refractivity contribution < 1.29 is 13.5 Å². The van der Waals surface area contributed by atoms with Crippen LogP contribution in [0.3, 0.4) is 0 Å². The second-order valence-corrected chi connectivity index (χ2v) is 7.46. The highest BCUT2D eigenvalue weighted by Crippen LogP contribution is 2.24. The lowest BCUT2D eigenvalue weighted by Crippen LogP contribution is -2.38. The van der Waals surface area contributed by atoms with Gasteiger partial charge in [0.15, 0.2) is 0 Å². The zero-order valence-electron chi connectivity index (χ0n) is 10.7. The van der Waals surface area contributed by atoms with E-state index in [-0.39, 0.29) is 16.5 Å². The monoisotopic (exact) mass is 331 g/mol. The maximum absolute atomic E-state index is 12.2. The number of sulfonamides is 1. The number of rotatable bonds is 5. The van der Waals surface area contributed by atoms with Crippen LogP contribution in [-0.2, 0) is 15.6 Å². The van der Waals surface area contributed by atoms with Crippen molar-refractivity contribution in [2.24, 2.45) is 0 Å². The van der Waals surface area contributed by atoms with Crippen LogP contribution in [-0.4, -0.2) is 20.1 Å². The number of benzene rings is 1. The Hall–Kier alpha value is -0.920. The van der Waals surface area contributed by atoms with E-state index in [1.54, 1.807) is 30.5 Å². The molecule has 1 aromatic carbocycles. The third-order valence-corrected chi connectivity index (χ3v) is 5.46. The number of nitrogens with one attached hydrogen (secondary N) is 1. The topological polar surface area (TPSA) is 66.4 Å². The Kier molecular flexibility index (Phi) is 4.51. The van der Waals surface area contributed by atoms with Gasteiger partial charge in [0.25, 0.3) is 0 Å². The van der Waals surface area contributed by atoms with Crippen molar-refractivity contribution in [2.75, 3.05) is 6.54 Å². The molecule has 0 aliphatic carbocycles. The normalized spacial score (nSPS) is 14.9. The second kappa shape index (κ2) is 5.83. The van der Waals surface area contributed by atoms with Crippen LogP contribution >= 0.6 is 22.9 Å². The zero-order valence-corrected chi connectivity index (χ0v) is 13.1. The fourth-order valence-electron chi connectivity index (χ4n) is 1.65. The molecule has 1 unspecified atom stereocenters. The van der Waals surface area contributed by atoms with Gasteiger partial charge in [0.05, 0.1) is 5.02 Å². The maximum Gasteiger partial charge on any atom is 0.242 e. The highest BCUT2D eigenvalue weighted by molar-refractivity contribution is 7.89. The molecular formula is C13H14ClNO3S2. The molecule has 0 amide bonds. The van der Waals surface area contributed by atoms with Crippen molar-refractivity contribution in [3.63, 3.8) is 0 Å². The van der Waals surface area contributed by atoms with E-state index in [9.17, 15) is 13.5 Å². The summed E-state index contributed by atoms with van der Waals surface area (Å²) in [4.78, 5) is 0.00258. The highest BCUT2D eigenvalue weighted by Gasteiger charge is 2.27. The lowest BCUT2D eigenvalue weighted by molar-refractivity contribution is 0.0632. The summed E-state index contributed by atoms with van der Waals surface area (Å²) < 4.78 is 26.7. The summed E-state index contributed by atoms with van der Waals surface area (Å²) in [5.41, 5.74) is -0.599. The Bertz CT molecular complexity index is 681. The summed E-state index contributed by atoms with van der Waals surface area (Å²) in [6.45, 7) is 1.43. The average Bonchev–Trinajstić information content (AvgIpc) is 2.92. The van der Waals surface area contributed by atoms with Crippen LogP contribution in [0, 0.1) is 0 Å². The van der Waals surface area contributed by atoms with Crippen molar-refractivity contribution >= 4 is 33.0 Å². The Morgan fingerprint density at radius 2 is 2.05 bits per heavy atom. The van der Waals surface area contributed by atoms with Crippen LogP contribution in [0.1, 0.15) is 12.5 Å². The lowest BCUT2D eigenvalue weighted by Gasteiger charge is -2.22. The van der Waals surface area contributed by atoms with E-state index in [0.29, 0.717) is 5.56 Å². The molecule has 1 heterocycles. The summed E-state index contributed by atoms with van der Waals surface area (Å²) in [5.74, 6) is 0. The van der Waals surface area contributed by atoms with Crippen LogP contribution in [0.15, 0.2) is 46.0 Å². The van der Waals surface area contributed by atoms with Crippen LogP contribution in [0.2, 0.25) is 5.02 Å². The number of thiophene rings is 1. The first-order valence-corrected chi connectivity index (χ1v) is 8.62. The molecule has 2 rings (SSSR count). The van der Waals surface area contributed by atoms with Gasteiger partial charge in [-0.15, -0.1) is 0 Å². The van der Waals surface area contributed by atoms with Gasteiger partial charge in [0.1, 0.15) is 10.5 Å². The summed E-state index contributed by atoms with van der Waals surface area (Å²) in [6.07, 6.45) is 0. The van der Waals surface area contributed by atoms with Gasteiger partial charge in [-0.05, 0) is 41.4 Å². The van der Waals surface area contributed by atoms with E-state index >= 15 is 0 Å². The second-order valence-electron chi connectivity index (χ2n) is 4.54. The molecule has 2 aromatic rings. The van der Waals surface area contributed by atoms with Gasteiger partial charge in [0.2, 0.25) is 10.0 Å². The first-order valence-electron chi connectivity index (χ1n) is 5.82. The van der Waals surface area contributed by atoms with E-state index in [4.69, 9.17) is 11.6 Å². The minimum atomic E-state index is -3.75. The third-order valence-electron chi connectivity index (χ3n) is 2.88. The van der Waals surface area contributed by atoms with E-state index in [1.165, 1.54) is 23.5 Å². The van der Waals surface area contributed by atoms with Crippen molar-refractivity contribution in [1.82, 2.24) is 4.72 Å². The molecule has 0 fully saturated rings. The predicted octanol–water partition coefficient (Wildman–Crippen LogP) is 2.59. The minimum absolute atomic E-state index is 0.00258. The number of hydrogen-bond donors (Lipinski definition) is 2. The number of hydrogen-bond acceptors (Lipinski definition) is 4. The molecule has 2 N–H and O–H groups in total. The third kappa shape index (κ3) is 3.39. The standard InChI is InChI=1S/C13H14ClNO3S2/c1-13(16,10-6-7-19-8-10)9-15-20(17,18)12-5-3-2-4-11(12)14/h2-8,15-16H,9H2,1H3. The first-order chi connectivity index (χ1) is 9.33. The molecule has 20 heavy (non-hydrogen) atoms. The van der Waals surface area contributed by atoms with E-state index < -0.39 is 15.6 Å². The maximum atomic E-state index is 12.2. The van der Waals surface area contributed by atoms with E-state index in [0.717, 1.165) is 0 Å². The molecule has 4 nitrogen and oxygen atoms in total. The van der Waals surface area contributed by atoms with E-state index in [2.05, 4.69) is 4.72 Å². The molecule has 0 radical (unpaired) electrons. The van der Waals surface area contributed by atoms with Crippen molar-refractivity contribution in [3.8, 4) is 0 Å². The van der Waals surface area contributed by atoms with Crippen LogP contribution in [0.25, 0.3) is 0 Å². The summed E-state index contributed by atoms with van der Waals surface area (Å²) in [7, 11) is -3.75. The van der Waals surface area contributed by atoms with E-state index in [1.807, 2.05) is 5.38 Å². The average molecular weight is 332 g/mol. The van der Waals surface area contributed by atoms with Crippen molar-refractivity contribution in [3.05, 3.63) is 51.7 Å². The summed E-state index contributed by atoms with van der Waals surface area (Å²) >= 11 is 7.32. The Labute approximate surface area is 127 Å². The quantitative estimate of drug-likeness (QED) is 0.885. The van der Waals surface area contributed by atoms with Gasteiger partial charge >= 0.3 is 0 Å². The molecule has 0 saturated carbocycles. The molecule has 0 bridgehead atoms. The Morgan fingerprint density at radius 1 is 1.35 bits per heavy atom. The number of aliphatic hydroxyl groups is 1. The van der Waals surface area contributed by atoms with Gasteiger partial charge in [-0.25, -0.2) is 13.1 Å². The van der Waals surface area contributed by atoms with Crippen LogP contribution < -0.4 is 4.72 Å². The van der Waals surface area contributed by atoms with Gasteiger partial charge in [0, 0.05) is 6.54 Å². The van der Waals surface area contributed by atoms with Crippen LogP contribution in [0.5, 0.6) is 0 Å². The summed E-state index contributed by atoms with van der Waals surface area (Å²) in [5, 5.41) is 14.1. The molecular weight excluding hydrogens is 318 g/mol. The largest absolute Gasteiger partial charge is 0.384 e. The van der Waals surface area contributed by atoms with Gasteiger partial charge in [-0.3, -0.25) is 0 Å². The molecule has 0 aliphatic heterocycles. The molecule has 0 spiro atoms. The highest BCUT2D eigenvalue weighted by atomic mass is 35.5. The molecule has 1 aromatic heterocycles. The van der Waals surface area contributed by atoms with Crippen molar-refractivity contribution in [2.45, 2.75) is 17.4 Å². The fraction of sp³-hybridized carbons (Fsp3) is 0.231. The molecule has 7 heteroatoms. The Balaban J connectivity index is 2.17. The number of halogens is 1. The lowest BCUT2D eigenvalue weighted by atomic mass is 10.0. The predicted molar refractivity (Wildman–Crippen MR) is 80.5 cm³/mol. The smallest absolute Gasteiger partial charge is 0.242 e. The van der Waals surface area contributed by atoms with Gasteiger partial charge in [-0.1, -0.05) is 23.7 Å². The van der Waals surface area contributed by atoms with Crippen molar-refractivity contribution in [1.29, 1.82) is 0 Å². The molecule has 0 saturated heterocycles. The zero-order chi connectivity index (χ0) is 14.8. The minimum Gasteiger partial charge on any atom is -0.384 e. The molecule has 1 atom stereocenters. The Morgan fingerprint density at radius 3 is 2.65 bits per heavy atom. The molecule has 108 valence electrons.